The van der Waals surface area contributed by atoms with Crippen molar-refractivity contribution in [2.45, 2.75) is 39.0 Å². The normalized spacial score (nSPS) is 20.2. The molecular formula is C21H24F3N7O2. The Morgan fingerprint density at radius 3 is 2.82 bits per heavy atom. The second-order valence-corrected chi connectivity index (χ2v) is 8.52. The van der Waals surface area contributed by atoms with Crippen molar-refractivity contribution in [1.82, 2.24) is 29.9 Å². The van der Waals surface area contributed by atoms with Crippen LogP contribution in [0.2, 0.25) is 0 Å². The zero-order valence-corrected chi connectivity index (χ0v) is 18.3. The van der Waals surface area contributed by atoms with Crippen molar-refractivity contribution in [3.8, 4) is 5.82 Å². The SMILES string of the molecule is CC(C(=O)N1CCc2nn(-c3cc[nH]n3)c3nc(N4CCOC[C@H]4C)cc(c23)C1)C(F)(F)F. The molecule has 3 aromatic rings. The van der Waals surface area contributed by atoms with Crippen molar-refractivity contribution in [3.05, 3.63) is 29.6 Å². The number of nitrogens with one attached hydrogen (secondary N) is 1. The molecule has 0 spiro atoms. The predicted molar refractivity (Wildman–Crippen MR) is 113 cm³/mol. The molecule has 1 N–H and O–H groups in total. The molecule has 3 aromatic heterocycles. The zero-order chi connectivity index (χ0) is 23.3. The number of amides is 1. The van der Waals surface area contributed by atoms with Crippen molar-refractivity contribution in [1.29, 1.82) is 0 Å². The molecule has 0 radical (unpaired) electrons. The fraction of sp³-hybridized carbons (Fsp3) is 0.524. The first kappa shape index (κ1) is 21.7. The summed E-state index contributed by atoms with van der Waals surface area (Å²) < 4.78 is 46.9. The number of morpholine rings is 1. The number of alkyl halides is 3. The lowest BCUT2D eigenvalue weighted by molar-refractivity contribution is -0.185. The number of carbonyl (C=O) groups is 1. The number of hydrogen-bond acceptors (Lipinski definition) is 6. The van der Waals surface area contributed by atoms with E-state index in [-0.39, 0.29) is 19.1 Å². The summed E-state index contributed by atoms with van der Waals surface area (Å²) in [6.45, 7) is 4.88. The summed E-state index contributed by atoms with van der Waals surface area (Å²) >= 11 is 0. The minimum atomic E-state index is -4.59. The Kier molecular flexibility index (Phi) is 5.26. The van der Waals surface area contributed by atoms with Crippen molar-refractivity contribution in [3.63, 3.8) is 0 Å². The lowest BCUT2D eigenvalue weighted by Crippen LogP contribution is -2.44. The van der Waals surface area contributed by atoms with Gasteiger partial charge >= 0.3 is 6.18 Å². The molecule has 5 heterocycles. The summed E-state index contributed by atoms with van der Waals surface area (Å²) in [5.41, 5.74) is 1.99. The molecule has 1 unspecified atom stereocenters. The van der Waals surface area contributed by atoms with Gasteiger partial charge in [0, 0.05) is 43.7 Å². The second kappa shape index (κ2) is 8.01. The highest BCUT2D eigenvalue weighted by Gasteiger charge is 2.43. The quantitative estimate of drug-likeness (QED) is 0.642. The average Bonchev–Trinajstić information content (AvgIpc) is 3.39. The van der Waals surface area contributed by atoms with Gasteiger partial charge in [-0.3, -0.25) is 9.89 Å². The molecule has 0 aliphatic carbocycles. The van der Waals surface area contributed by atoms with E-state index in [2.05, 4.69) is 20.2 Å². The molecule has 2 aliphatic heterocycles. The topological polar surface area (TPSA) is 92.2 Å². The number of rotatable bonds is 3. The third-order valence-electron chi connectivity index (χ3n) is 6.30. The fourth-order valence-electron chi connectivity index (χ4n) is 4.43. The molecule has 2 atom stereocenters. The van der Waals surface area contributed by atoms with Gasteiger partial charge in [-0.25, -0.2) is 4.98 Å². The Labute approximate surface area is 187 Å². The number of anilines is 1. The van der Waals surface area contributed by atoms with Crippen molar-refractivity contribution >= 4 is 22.8 Å². The summed E-state index contributed by atoms with van der Waals surface area (Å²) in [4.78, 5) is 21.0. The maximum atomic E-state index is 13.2. The summed E-state index contributed by atoms with van der Waals surface area (Å²) in [5.74, 6) is -1.76. The van der Waals surface area contributed by atoms with E-state index in [1.54, 1.807) is 16.9 Å². The molecule has 0 aromatic carbocycles. The second-order valence-electron chi connectivity index (χ2n) is 8.52. The number of ether oxygens (including phenoxy) is 1. The minimum absolute atomic E-state index is 0.0588. The summed E-state index contributed by atoms with van der Waals surface area (Å²) in [5, 5.41) is 12.4. The van der Waals surface area contributed by atoms with E-state index in [4.69, 9.17) is 9.72 Å². The number of nitrogens with zero attached hydrogens (tertiary/aromatic N) is 6. The molecule has 0 bridgehead atoms. The molecule has 2 aliphatic rings. The van der Waals surface area contributed by atoms with Crippen LogP contribution in [0.1, 0.15) is 25.1 Å². The minimum Gasteiger partial charge on any atom is -0.377 e. The number of H-pyrrole nitrogens is 1. The molecule has 12 heteroatoms. The maximum absolute atomic E-state index is 13.2. The third kappa shape index (κ3) is 3.81. The van der Waals surface area contributed by atoms with Crippen LogP contribution in [0, 0.1) is 5.92 Å². The molecule has 1 fully saturated rings. The van der Waals surface area contributed by atoms with Gasteiger partial charge in [0.2, 0.25) is 5.91 Å². The first-order valence-corrected chi connectivity index (χ1v) is 10.9. The third-order valence-corrected chi connectivity index (χ3v) is 6.30. The fourth-order valence-corrected chi connectivity index (χ4v) is 4.43. The maximum Gasteiger partial charge on any atom is 0.400 e. The van der Waals surface area contributed by atoms with Crippen LogP contribution in [-0.4, -0.2) is 74.3 Å². The molecule has 1 amide bonds. The van der Waals surface area contributed by atoms with Crippen LogP contribution in [0.5, 0.6) is 0 Å². The number of aromatic nitrogens is 5. The van der Waals surface area contributed by atoms with Crippen LogP contribution in [0.4, 0.5) is 19.0 Å². The average molecular weight is 463 g/mol. The lowest BCUT2D eigenvalue weighted by Gasteiger charge is -2.34. The Morgan fingerprint density at radius 1 is 1.30 bits per heavy atom. The summed E-state index contributed by atoms with van der Waals surface area (Å²) in [6, 6.07) is 3.72. The molecular weight excluding hydrogens is 439 g/mol. The summed E-state index contributed by atoms with van der Waals surface area (Å²) in [7, 11) is 0. The van der Waals surface area contributed by atoms with Gasteiger partial charge in [-0.2, -0.15) is 28.1 Å². The number of aromatic amines is 1. The van der Waals surface area contributed by atoms with Crippen LogP contribution >= 0.6 is 0 Å². The smallest absolute Gasteiger partial charge is 0.377 e. The van der Waals surface area contributed by atoms with Gasteiger partial charge in [0.1, 0.15) is 11.7 Å². The Morgan fingerprint density at radius 2 is 2.12 bits per heavy atom. The number of pyridine rings is 1. The van der Waals surface area contributed by atoms with Gasteiger partial charge in [-0.05, 0) is 25.5 Å². The molecule has 9 nitrogen and oxygen atoms in total. The van der Waals surface area contributed by atoms with Gasteiger partial charge in [0.15, 0.2) is 11.5 Å². The highest BCUT2D eigenvalue weighted by molar-refractivity contribution is 5.87. The largest absolute Gasteiger partial charge is 0.400 e. The molecule has 176 valence electrons. The number of halogens is 3. The van der Waals surface area contributed by atoms with Crippen LogP contribution in [0.15, 0.2) is 18.3 Å². The highest BCUT2D eigenvalue weighted by Crippen LogP contribution is 2.34. The monoisotopic (exact) mass is 463 g/mol. The van der Waals surface area contributed by atoms with E-state index in [0.717, 1.165) is 17.9 Å². The van der Waals surface area contributed by atoms with Crippen LogP contribution in [0.25, 0.3) is 16.9 Å². The van der Waals surface area contributed by atoms with E-state index >= 15 is 0 Å². The van der Waals surface area contributed by atoms with Gasteiger partial charge in [0.25, 0.3) is 0 Å². The first-order valence-electron chi connectivity index (χ1n) is 10.9. The Hall–Kier alpha value is -3.15. The van der Waals surface area contributed by atoms with E-state index in [0.29, 0.717) is 49.2 Å². The van der Waals surface area contributed by atoms with Gasteiger partial charge in [-0.1, -0.05) is 0 Å². The first-order chi connectivity index (χ1) is 15.7. The Bertz CT molecular complexity index is 1170. The van der Waals surface area contributed by atoms with E-state index in [1.807, 2.05) is 13.0 Å². The standard InChI is InChI=1S/C21H24F3N7O2/c1-12-11-33-8-7-30(12)17-9-14-10-29(20(32)13(2)21(22,23)24)6-4-15-18(14)19(26-17)31(28-15)16-3-5-25-27-16/h3,5,9,12-13H,4,6-8,10-11H2,1-2H3,(H,25,27)/t12-,13?/m1/s1. The van der Waals surface area contributed by atoms with E-state index in [1.165, 1.54) is 4.90 Å². The van der Waals surface area contributed by atoms with Crippen LogP contribution in [-0.2, 0) is 22.5 Å². The molecule has 5 rings (SSSR count). The van der Waals surface area contributed by atoms with Crippen molar-refractivity contribution in [2.75, 3.05) is 31.2 Å². The zero-order valence-electron chi connectivity index (χ0n) is 18.3. The van der Waals surface area contributed by atoms with Crippen molar-refractivity contribution < 1.29 is 22.7 Å². The predicted octanol–water partition coefficient (Wildman–Crippen LogP) is 2.45. The van der Waals surface area contributed by atoms with E-state index in [9.17, 15) is 18.0 Å². The van der Waals surface area contributed by atoms with Crippen molar-refractivity contribution in [2.24, 2.45) is 5.92 Å². The van der Waals surface area contributed by atoms with Crippen LogP contribution in [0.3, 0.4) is 0 Å². The number of carbonyl (C=O) groups excluding carboxylic acids is 1. The van der Waals surface area contributed by atoms with Gasteiger partial charge < -0.3 is 14.5 Å². The Balaban J connectivity index is 1.62. The highest BCUT2D eigenvalue weighted by atomic mass is 19.4. The summed E-state index contributed by atoms with van der Waals surface area (Å²) in [6.07, 6.45) is -2.58. The molecule has 1 saturated heterocycles. The molecule has 0 saturated carbocycles. The van der Waals surface area contributed by atoms with Gasteiger partial charge in [-0.15, -0.1) is 0 Å². The van der Waals surface area contributed by atoms with E-state index < -0.39 is 18.0 Å². The number of hydrogen-bond donors (Lipinski definition) is 1. The van der Waals surface area contributed by atoms with Gasteiger partial charge in [0.05, 0.1) is 24.9 Å². The lowest BCUT2D eigenvalue weighted by atomic mass is 10.1. The molecule has 33 heavy (non-hydrogen) atoms. The van der Waals surface area contributed by atoms with Crippen LogP contribution < -0.4 is 4.90 Å².